The first-order valence-electron chi connectivity index (χ1n) is 6.69. The fourth-order valence-corrected chi connectivity index (χ4v) is 1.66. The number of carbonyl (C=O) groups is 1. The van der Waals surface area contributed by atoms with Crippen LogP contribution in [0.4, 0.5) is 16.2 Å². The number of hydrogen-bond acceptors (Lipinski definition) is 2. The van der Waals surface area contributed by atoms with Crippen molar-refractivity contribution < 1.29 is 4.79 Å². The number of urea groups is 1. The fourth-order valence-electron chi connectivity index (χ4n) is 1.66. The third-order valence-corrected chi connectivity index (χ3v) is 2.91. The quantitative estimate of drug-likeness (QED) is 0.676. The molecule has 18 heavy (non-hydrogen) atoms. The molecular weight excluding hydrogens is 226 g/mol. The molecule has 0 saturated heterocycles. The van der Waals surface area contributed by atoms with Gasteiger partial charge in [-0.3, -0.25) is 0 Å². The van der Waals surface area contributed by atoms with Crippen LogP contribution in [0.25, 0.3) is 0 Å². The summed E-state index contributed by atoms with van der Waals surface area (Å²) in [5.74, 6) is 0. The van der Waals surface area contributed by atoms with Crippen molar-refractivity contribution in [3.05, 3.63) is 24.3 Å². The SMILES string of the molecule is CCCCNc1ccc(NC(=O)NC2CC2)cc1. The van der Waals surface area contributed by atoms with Gasteiger partial charge < -0.3 is 16.0 Å². The largest absolute Gasteiger partial charge is 0.385 e. The molecule has 0 heterocycles. The summed E-state index contributed by atoms with van der Waals surface area (Å²) in [4.78, 5) is 11.5. The second kappa shape index (κ2) is 6.28. The van der Waals surface area contributed by atoms with Gasteiger partial charge in [-0.05, 0) is 43.5 Å². The highest BCUT2D eigenvalue weighted by Gasteiger charge is 2.22. The molecule has 1 aromatic rings. The van der Waals surface area contributed by atoms with Gasteiger partial charge in [0.1, 0.15) is 0 Å². The van der Waals surface area contributed by atoms with E-state index in [2.05, 4.69) is 22.9 Å². The molecule has 1 fully saturated rings. The molecule has 4 nitrogen and oxygen atoms in total. The minimum Gasteiger partial charge on any atom is -0.385 e. The van der Waals surface area contributed by atoms with Crippen LogP contribution in [0.2, 0.25) is 0 Å². The van der Waals surface area contributed by atoms with Gasteiger partial charge in [-0.2, -0.15) is 0 Å². The van der Waals surface area contributed by atoms with Crippen molar-refractivity contribution in [2.24, 2.45) is 0 Å². The molecule has 1 aromatic carbocycles. The Balaban J connectivity index is 1.77. The van der Waals surface area contributed by atoms with Gasteiger partial charge >= 0.3 is 6.03 Å². The summed E-state index contributed by atoms with van der Waals surface area (Å²) in [5.41, 5.74) is 1.92. The van der Waals surface area contributed by atoms with E-state index in [1.54, 1.807) is 0 Å². The number of benzene rings is 1. The van der Waals surface area contributed by atoms with Crippen LogP contribution >= 0.6 is 0 Å². The third-order valence-electron chi connectivity index (χ3n) is 2.91. The van der Waals surface area contributed by atoms with Gasteiger partial charge in [-0.15, -0.1) is 0 Å². The van der Waals surface area contributed by atoms with Gasteiger partial charge in [0.25, 0.3) is 0 Å². The van der Waals surface area contributed by atoms with E-state index >= 15 is 0 Å². The molecule has 0 unspecified atom stereocenters. The van der Waals surface area contributed by atoms with Crippen LogP contribution in [-0.4, -0.2) is 18.6 Å². The molecule has 0 aromatic heterocycles. The fraction of sp³-hybridized carbons (Fsp3) is 0.500. The Morgan fingerprint density at radius 2 is 1.89 bits per heavy atom. The summed E-state index contributed by atoms with van der Waals surface area (Å²) in [6.45, 7) is 3.17. The van der Waals surface area contributed by atoms with Gasteiger partial charge in [0, 0.05) is 24.0 Å². The highest BCUT2D eigenvalue weighted by molar-refractivity contribution is 5.89. The standard InChI is InChI=1S/C14H21N3O/c1-2-3-10-15-11-4-6-12(7-5-11)16-14(18)17-13-8-9-13/h4-7,13,15H,2-3,8-10H2,1H3,(H2,16,17,18). The van der Waals surface area contributed by atoms with Gasteiger partial charge in [-0.1, -0.05) is 13.3 Å². The van der Waals surface area contributed by atoms with Crippen LogP contribution in [0.5, 0.6) is 0 Å². The predicted molar refractivity (Wildman–Crippen MR) is 75.0 cm³/mol. The smallest absolute Gasteiger partial charge is 0.319 e. The summed E-state index contributed by atoms with van der Waals surface area (Å²) in [6.07, 6.45) is 4.57. The lowest BCUT2D eigenvalue weighted by molar-refractivity contribution is 0.251. The zero-order valence-electron chi connectivity index (χ0n) is 10.8. The zero-order chi connectivity index (χ0) is 12.8. The average molecular weight is 247 g/mol. The lowest BCUT2D eigenvalue weighted by Gasteiger charge is -2.08. The first-order chi connectivity index (χ1) is 8.78. The van der Waals surface area contributed by atoms with Gasteiger partial charge in [0.2, 0.25) is 0 Å². The van der Waals surface area contributed by atoms with Gasteiger partial charge in [0.15, 0.2) is 0 Å². The van der Waals surface area contributed by atoms with Crippen LogP contribution in [0.1, 0.15) is 32.6 Å². The Morgan fingerprint density at radius 3 is 2.50 bits per heavy atom. The van der Waals surface area contributed by atoms with Crippen LogP contribution in [0.15, 0.2) is 24.3 Å². The van der Waals surface area contributed by atoms with Crippen LogP contribution in [0, 0.1) is 0 Å². The highest BCUT2D eigenvalue weighted by Crippen LogP contribution is 2.19. The van der Waals surface area contributed by atoms with E-state index in [9.17, 15) is 4.79 Å². The topological polar surface area (TPSA) is 53.2 Å². The molecule has 0 aliphatic heterocycles. The third kappa shape index (κ3) is 4.28. The summed E-state index contributed by atoms with van der Waals surface area (Å²) in [7, 11) is 0. The molecule has 1 aliphatic carbocycles. The van der Waals surface area contributed by atoms with Crippen molar-refractivity contribution in [1.82, 2.24) is 5.32 Å². The minimum atomic E-state index is -0.107. The lowest BCUT2D eigenvalue weighted by Crippen LogP contribution is -2.30. The van der Waals surface area contributed by atoms with Crippen LogP contribution < -0.4 is 16.0 Å². The second-order valence-electron chi connectivity index (χ2n) is 4.73. The van der Waals surface area contributed by atoms with E-state index in [-0.39, 0.29) is 6.03 Å². The second-order valence-corrected chi connectivity index (χ2v) is 4.73. The van der Waals surface area contributed by atoms with Crippen LogP contribution in [0.3, 0.4) is 0 Å². The number of rotatable bonds is 6. The van der Waals surface area contributed by atoms with E-state index in [4.69, 9.17) is 0 Å². The van der Waals surface area contributed by atoms with Crippen molar-refractivity contribution in [2.45, 2.75) is 38.6 Å². The monoisotopic (exact) mass is 247 g/mol. The number of anilines is 2. The molecule has 2 rings (SSSR count). The molecule has 1 saturated carbocycles. The molecule has 98 valence electrons. The molecule has 0 radical (unpaired) electrons. The zero-order valence-corrected chi connectivity index (χ0v) is 10.8. The Hall–Kier alpha value is -1.71. The van der Waals surface area contributed by atoms with Crippen molar-refractivity contribution in [1.29, 1.82) is 0 Å². The average Bonchev–Trinajstić information content (AvgIpc) is 3.15. The maximum Gasteiger partial charge on any atom is 0.319 e. The van der Waals surface area contributed by atoms with Crippen molar-refractivity contribution in [3.63, 3.8) is 0 Å². The highest BCUT2D eigenvalue weighted by atomic mass is 16.2. The van der Waals surface area contributed by atoms with E-state index in [0.29, 0.717) is 6.04 Å². The number of carbonyl (C=O) groups excluding carboxylic acids is 1. The lowest BCUT2D eigenvalue weighted by atomic mass is 10.2. The Kier molecular flexibility index (Phi) is 4.45. The van der Waals surface area contributed by atoms with Crippen molar-refractivity contribution in [2.75, 3.05) is 17.2 Å². The van der Waals surface area contributed by atoms with E-state index < -0.39 is 0 Å². The number of hydrogen-bond donors (Lipinski definition) is 3. The summed E-state index contributed by atoms with van der Waals surface area (Å²) < 4.78 is 0. The Morgan fingerprint density at radius 1 is 1.22 bits per heavy atom. The maximum absolute atomic E-state index is 11.5. The normalized spacial score (nSPS) is 14.1. The Bertz CT molecular complexity index is 385. The Labute approximate surface area is 108 Å². The van der Waals surface area contributed by atoms with Crippen molar-refractivity contribution >= 4 is 17.4 Å². The van der Waals surface area contributed by atoms with E-state index in [1.807, 2.05) is 24.3 Å². The molecule has 3 N–H and O–H groups in total. The number of unbranched alkanes of at least 4 members (excludes halogenated alkanes) is 1. The number of nitrogens with one attached hydrogen (secondary N) is 3. The minimum absolute atomic E-state index is 0.107. The first kappa shape index (κ1) is 12.7. The van der Waals surface area contributed by atoms with E-state index in [0.717, 1.165) is 30.8 Å². The summed E-state index contributed by atoms with van der Waals surface area (Å²) >= 11 is 0. The molecule has 4 heteroatoms. The van der Waals surface area contributed by atoms with Gasteiger partial charge in [0.05, 0.1) is 0 Å². The summed E-state index contributed by atoms with van der Waals surface area (Å²) in [5, 5.41) is 9.06. The van der Waals surface area contributed by atoms with Crippen molar-refractivity contribution in [3.8, 4) is 0 Å². The molecular formula is C14H21N3O. The summed E-state index contributed by atoms with van der Waals surface area (Å²) in [6, 6.07) is 8.09. The maximum atomic E-state index is 11.5. The first-order valence-corrected chi connectivity index (χ1v) is 6.69. The number of amides is 2. The predicted octanol–water partition coefficient (Wildman–Crippen LogP) is 3.18. The molecule has 0 bridgehead atoms. The van der Waals surface area contributed by atoms with Crippen LogP contribution in [-0.2, 0) is 0 Å². The molecule has 0 atom stereocenters. The molecule has 1 aliphatic rings. The molecule has 2 amide bonds. The van der Waals surface area contributed by atoms with E-state index in [1.165, 1.54) is 12.8 Å². The van der Waals surface area contributed by atoms with Gasteiger partial charge in [-0.25, -0.2) is 4.79 Å². The molecule has 0 spiro atoms.